The lowest BCUT2D eigenvalue weighted by Crippen LogP contribution is -2.42. The van der Waals surface area contributed by atoms with Crippen LogP contribution in [0.3, 0.4) is 0 Å². The second-order valence-electron chi connectivity index (χ2n) is 4.82. The quantitative estimate of drug-likeness (QED) is 0.860. The van der Waals surface area contributed by atoms with Gasteiger partial charge in [0, 0.05) is 6.54 Å². The van der Waals surface area contributed by atoms with Crippen molar-refractivity contribution in [3.8, 4) is 0 Å². The largest absolute Gasteiger partial charge is 0.354 e. The van der Waals surface area contributed by atoms with Gasteiger partial charge in [0.1, 0.15) is 0 Å². The van der Waals surface area contributed by atoms with E-state index in [1.54, 1.807) is 0 Å². The van der Waals surface area contributed by atoms with Crippen LogP contribution in [0.25, 0.3) is 0 Å². The lowest BCUT2D eigenvalue weighted by atomic mass is 10.1. The summed E-state index contributed by atoms with van der Waals surface area (Å²) in [7, 11) is 0. The molecule has 3 N–H and O–H groups in total. The molecule has 1 amide bonds. The number of carbonyl (C=O) groups excluding carboxylic acids is 1. The Labute approximate surface area is 132 Å². The fourth-order valence-electron chi connectivity index (χ4n) is 2.07. The fourth-order valence-corrected chi connectivity index (χ4v) is 2.07. The van der Waals surface area contributed by atoms with E-state index in [-0.39, 0.29) is 18.3 Å². The molecule has 0 unspecified atom stereocenters. The van der Waals surface area contributed by atoms with Crippen molar-refractivity contribution in [1.82, 2.24) is 5.32 Å². The van der Waals surface area contributed by atoms with Crippen LogP contribution in [0.5, 0.6) is 0 Å². The highest BCUT2D eigenvalue weighted by molar-refractivity contribution is 5.85. The Bertz CT molecular complexity index is 531. The number of carbonyl (C=O) groups is 1. The van der Waals surface area contributed by atoms with Crippen LogP contribution in [-0.4, -0.2) is 18.5 Å². The molecule has 1 atom stereocenters. The number of benzene rings is 2. The molecule has 4 heteroatoms. The molecule has 2 rings (SSSR count). The van der Waals surface area contributed by atoms with Gasteiger partial charge in [-0.05, 0) is 24.0 Å². The molecule has 0 saturated heterocycles. The number of amides is 1. The Hall–Kier alpha value is -1.84. The predicted molar refractivity (Wildman–Crippen MR) is 88.5 cm³/mol. The Morgan fingerprint density at radius 2 is 1.48 bits per heavy atom. The standard InChI is InChI=1S/C17H20N2O.ClH/c18-16(13-15-9-5-2-6-10-15)17(20)19-12-11-14-7-3-1-4-8-14;/h1-10,16H,11-13,18H2,(H,19,20);1H/t16-;/m0./s1. The van der Waals surface area contributed by atoms with E-state index < -0.39 is 6.04 Å². The minimum Gasteiger partial charge on any atom is -0.354 e. The summed E-state index contributed by atoms with van der Waals surface area (Å²) >= 11 is 0. The molecule has 0 spiro atoms. The molecule has 0 aliphatic carbocycles. The van der Waals surface area contributed by atoms with Gasteiger partial charge in [-0.1, -0.05) is 60.7 Å². The van der Waals surface area contributed by atoms with Gasteiger partial charge in [0.25, 0.3) is 0 Å². The monoisotopic (exact) mass is 304 g/mol. The van der Waals surface area contributed by atoms with Crippen molar-refractivity contribution in [2.45, 2.75) is 18.9 Å². The van der Waals surface area contributed by atoms with E-state index in [0.717, 1.165) is 12.0 Å². The Balaban J connectivity index is 0.00000220. The normalized spacial score (nSPS) is 11.3. The molecule has 0 heterocycles. The van der Waals surface area contributed by atoms with Gasteiger partial charge in [0.2, 0.25) is 5.91 Å². The molecule has 3 nitrogen and oxygen atoms in total. The maximum atomic E-state index is 11.9. The third kappa shape index (κ3) is 5.98. The van der Waals surface area contributed by atoms with E-state index in [4.69, 9.17) is 5.73 Å². The zero-order chi connectivity index (χ0) is 14.2. The van der Waals surface area contributed by atoms with E-state index >= 15 is 0 Å². The third-order valence-corrected chi connectivity index (χ3v) is 3.19. The number of hydrogen-bond acceptors (Lipinski definition) is 2. The average molecular weight is 305 g/mol. The summed E-state index contributed by atoms with van der Waals surface area (Å²) in [6, 6.07) is 19.4. The smallest absolute Gasteiger partial charge is 0.237 e. The van der Waals surface area contributed by atoms with Crippen LogP contribution in [0, 0.1) is 0 Å². The number of hydrogen-bond donors (Lipinski definition) is 2. The lowest BCUT2D eigenvalue weighted by Gasteiger charge is -2.12. The SMILES string of the molecule is Cl.N[C@@H](Cc1ccccc1)C(=O)NCCc1ccccc1. The molecule has 0 aliphatic heterocycles. The summed E-state index contributed by atoms with van der Waals surface area (Å²) in [5.41, 5.74) is 8.21. The second-order valence-corrected chi connectivity index (χ2v) is 4.82. The van der Waals surface area contributed by atoms with Crippen molar-refractivity contribution in [3.05, 3.63) is 71.8 Å². The summed E-state index contributed by atoms with van der Waals surface area (Å²) < 4.78 is 0. The van der Waals surface area contributed by atoms with Crippen LogP contribution in [0.4, 0.5) is 0 Å². The van der Waals surface area contributed by atoms with E-state index in [1.165, 1.54) is 5.56 Å². The summed E-state index contributed by atoms with van der Waals surface area (Å²) in [5.74, 6) is -0.0928. The van der Waals surface area contributed by atoms with Crippen LogP contribution in [-0.2, 0) is 17.6 Å². The van der Waals surface area contributed by atoms with Crippen molar-refractivity contribution in [2.24, 2.45) is 5.73 Å². The minimum absolute atomic E-state index is 0. The van der Waals surface area contributed by atoms with E-state index in [0.29, 0.717) is 13.0 Å². The molecule has 2 aromatic carbocycles. The van der Waals surface area contributed by atoms with Crippen LogP contribution in [0.1, 0.15) is 11.1 Å². The third-order valence-electron chi connectivity index (χ3n) is 3.19. The van der Waals surface area contributed by atoms with Gasteiger partial charge >= 0.3 is 0 Å². The topological polar surface area (TPSA) is 55.1 Å². The molecule has 0 fully saturated rings. The van der Waals surface area contributed by atoms with Crippen LogP contribution >= 0.6 is 12.4 Å². The first-order valence-electron chi connectivity index (χ1n) is 6.87. The van der Waals surface area contributed by atoms with Gasteiger partial charge in [-0.2, -0.15) is 0 Å². The highest BCUT2D eigenvalue weighted by Gasteiger charge is 2.13. The summed E-state index contributed by atoms with van der Waals surface area (Å²) in [6.07, 6.45) is 1.39. The van der Waals surface area contributed by atoms with E-state index in [1.807, 2.05) is 48.5 Å². The predicted octanol–water partition coefficient (Wildman–Crippen LogP) is 2.34. The zero-order valence-corrected chi connectivity index (χ0v) is 12.7. The number of halogens is 1. The molecule has 0 aliphatic rings. The molecular formula is C17H21ClN2O. The van der Waals surface area contributed by atoms with Crippen LogP contribution in [0.2, 0.25) is 0 Å². The Morgan fingerprint density at radius 3 is 2.05 bits per heavy atom. The van der Waals surface area contributed by atoms with Gasteiger partial charge in [-0.3, -0.25) is 4.79 Å². The number of nitrogens with two attached hydrogens (primary N) is 1. The first-order valence-corrected chi connectivity index (χ1v) is 6.87. The van der Waals surface area contributed by atoms with Gasteiger partial charge in [0.15, 0.2) is 0 Å². The van der Waals surface area contributed by atoms with Crippen molar-refractivity contribution in [2.75, 3.05) is 6.54 Å². The summed E-state index contributed by atoms with van der Waals surface area (Å²) in [4.78, 5) is 11.9. The van der Waals surface area contributed by atoms with Gasteiger partial charge in [0.05, 0.1) is 6.04 Å². The van der Waals surface area contributed by atoms with E-state index in [2.05, 4.69) is 17.4 Å². The fraction of sp³-hybridized carbons (Fsp3) is 0.235. The zero-order valence-electron chi connectivity index (χ0n) is 11.9. The van der Waals surface area contributed by atoms with Crippen molar-refractivity contribution in [3.63, 3.8) is 0 Å². The van der Waals surface area contributed by atoms with Gasteiger partial charge in [-0.25, -0.2) is 0 Å². The highest BCUT2D eigenvalue weighted by atomic mass is 35.5. The number of rotatable bonds is 6. The maximum Gasteiger partial charge on any atom is 0.237 e. The first kappa shape index (κ1) is 17.2. The number of nitrogens with one attached hydrogen (secondary N) is 1. The van der Waals surface area contributed by atoms with Crippen molar-refractivity contribution in [1.29, 1.82) is 0 Å². The van der Waals surface area contributed by atoms with Crippen LogP contribution in [0.15, 0.2) is 60.7 Å². The maximum absolute atomic E-state index is 11.9. The molecule has 21 heavy (non-hydrogen) atoms. The Morgan fingerprint density at radius 1 is 0.952 bits per heavy atom. The molecule has 2 aromatic rings. The summed E-state index contributed by atoms with van der Waals surface area (Å²) in [6.45, 7) is 0.616. The molecule has 0 bridgehead atoms. The van der Waals surface area contributed by atoms with Gasteiger partial charge < -0.3 is 11.1 Å². The second kappa shape index (κ2) is 9.16. The molecule has 112 valence electrons. The van der Waals surface area contributed by atoms with Crippen molar-refractivity contribution < 1.29 is 4.79 Å². The highest BCUT2D eigenvalue weighted by Crippen LogP contribution is 2.02. The average Bonchev–Trinajstić information content (AvgIpc) is 2.49. The van der Waals surface area contributed by atoms with Crippen molar-refractivity contribution >= 4 is 18.3 Å². The molecule has 0 aromatic heterocycles. The summed E-state index contributed by atoms with van der Waals surface area (Å²) in [5, 5.41) is 2.89. The van der Waals surface area contributed by atoms with Crippen LogP contribution < -0.4 is 11.1 Å². The van der Waals surface area contributed by atoms with E-state index in [9.17, 15) is 4.79 Å². The first-order chi connectivity index (χ1) is 9.75. The Kier molecular flexibility index (Phi) is 7.51. The minimum atomic E-state index is -0.492. The molecule has 0 saturated carbocycles. The molecule has 0 radical (unpaired) electrons. The molecular weight excluding hydrogens is 284 g/mol. The van der Waals surface area contributed by atoms with Gasteiger partial charge in [-0.15, -0.1) is 12.4 Å². The lowest BCUT2D eigenvalue weighted by molar-refractivity contribution is -0.122.